The zero-order chi connectivity index (χ0) is 25.2. The zero-order valence-electron chi connectivity index (χ0n) is 21.8. The number of aromatic nitrogens is 2. The largest absolute Gasteiger partial charge is 0.493 e. The van der Waals surface area contributed by atoms with Crippen LogP contribution < -0.4 is 9.64 Å². The van der Waals surface area contributed by atoms with Crippen LogP contribution in [-0.4, -0.2) is 28.6 Å². The van der Waals surface area contributed by atoms with Gasteiger partial charge in [0.1, 0.15) is 11.6 Å². The number of aryl methyl sites for hydroxylation is 4. The third kappa shape index (κ3) is 4.75. The second-order valence-electron chi connectivity index (χ2n) is 10.1. The molecule has 1 unspecified atom stereocenters. The number of amides is 1. The van der Waals surface area contributed by atoms with Crippen molar-refractivity contribution in [2.24, 2.45) is 0 Å². The predicted molar refractivity (Wildman–Crippen MR) is 146 cm³/mol. The van der Waals surface area contributed by atoms with Crippen molar-refractivity contribution < 1.29 is 9.53 Å². The Morgan fingerprint density at radius 2 is 1.78 bits per heavy atom. The number of anilines is 1. The number of hydrogen-bond acceptors (Lipinski definition) is 3. The van der Waals surface area contributed by atoms with Gasteiger partial charge in [0.2, 0.25) is 5.91 Å². The number of nitrogens with zero attached hydrogens (tertiary/aromatic N) is 3. The van der Waals surface area contributed by atoms with Crippen LogP contribution in [0.1, 0.15) is 53.3 Å². The van der Waals surface area contributed by atoms with Crippen LogP contribution in [0.4, 0.5) is 5.69 Å². The first-order valence-corrected chi connectivity index (χ1v) is 12.9. The Bertz CT molecular complexity index is 1400. The topological polar surface area (TPSA) is 47.4 Å². The third-order valence-corrected chi connectivity index (χ3v) is 7.41. The van der Waals surface area contributed by atoms with Crippen LogP contribution in [0.15, 0.2) is 60.7 Å². The number of carbonyl (C=O) groups excluding carboxylic acids is 1. The molecule has 1 aliphatic heterocycles. The van der Waals surface area contributed by atoms with E-state index in [1.54, 1.807) is 0 Å². The molecule has 2 heterocycles. The first kappa shape index (κ1) is 24.1. The molecule has 36 heavy (non-hydrogen) atoms. The van der Waals surface area contributed by atoms with Crippen molar-refractivity contribution in [1.29, 1.82) is 0 Å². The second-order valence-corrected chi connectivity index (χ2v) is 10.1. The second kappa shape index (κ2) is 10.2. The van der Waals surface area contributed by atoms with Gasteiger partial charge in [0.15, 0.2) is 0 Å². The van der Waals surface area contributed by atoms with Crippen LogP contribution in [0, 0.1) is 27.7 Å². The Morgan fingerprint density at radius 1 is 0.944 bits per heavy atom. The van der Waals surface area contributed by atoms with Crippen LogP contribution in [0.2, 0.25) is 0 Å². The number of ether oxygens (including phenoxy) is 1. The average molecular weight is 482 g/mol. The summed E-state index contributed by atoms with van der Waals surface area (Å²) in [7, 11) is 0. The number of hydrogen-bond donors (Lipinski definition) is 0. The molecule has 186 valence electrons. The van der Waals surface area contributed by atoms with E-state index in [-0.39, 0.29) is 11.8 Å². The molecule has 0 aliphatic carbocycles. The first-order chi connectivity index (χ1) is 17.4. The Hall–Kier alpha value is -3.60. The summed E-state index contributed by atoms with van der Waals surface area (Å²) in [6, 6.07) is 20.8. The molecule has 1 saturated heterocycles. The number of unbranched alkanes of at least 4 members (excludes halogenated alkanes) is 1. The Balaban J connectivity index is 1.31. The molecule has 0 N–H and O–H groups in total. The highest BCUT2D eigenvalue weighted by Gasteiger charge is 2.35. The lowest BCUT2D eigenvalue weighted by Crippen LogP contribution is -2.25. The smallest absolute Gasteiger partial charge is 0.227 e. The van der Waals surface area contributed by atoms with E-state index in [1.807, 2.05) is 23.1 Å². The highest BCUT2D eigenvalue weighted by Crippen LogP contribution is 2.35. The lowest BCUT2D eigenvalue weighted by atomic mass is 10.1. The molecule has 4 aromatic rings. The van der Waals surface area contributed by atoms with Crippen molar-refractivity contribution in [2.45, 2.75) is 59.4 Å². The van der Waals surface area contributed by atoms with Crippen LogP contribution >= 0.6 is 0 Å². The van der Waals surface area contributed by atoms with Crippen molar-refractivity contribution in [3.8, 4) is 5.75 Å². The summed E-state index contributed by atoms with van der Waals surface area (Å²) in [4.78, 5) is 20.0. The van der Waals surface area contributed by atoms with Gasteiger partial charge in [0.05, 0.1) is 17.6 Å². The third-order valence-electron chi connectivity index (χ3n) is 7.41. The van der Waals surface area contributed by atoms with Gasteiger partial charge in [0, 0.05) is 31.1 Å². The minimum atomic E-state index is 0.0804. The van der Waals surface area contributed by atoms with E-state index in [9.17, 15) is 4.79 Å². The van der Waals surface area contributed by atoms with E-state index in [4.69, 9.17) is 9.72 Å². The lowest BCUT2D eigenvalue weighted by Gasteiger charge is -2.20. The van der Waals surface area contributed by atoms with E-state index in [2.05, 4.69) is 74.7 Å². The van der Waals surface area contributed by atoms with E-state index in [1.165, 1.54) is 16.7 Å². The monoisotopic (exact) mass is 481 g/mol. The van der Waals surface area contributed by atoms with Crippen molar-refractivity contribution in [2.75, 3.05) is 18.1 Å². The van der Waals surface area contributed by atoms with Gasteiger partial charge in [-0.1, -0.05) is 42.0 Å². The van der Waals surface area contributed by atoms with E-state index in [0.29, 0.717) is 19.6 Å². The quantitative estimate of drug-likeness (QED) is 0.265. The molecule has 0 saturated carbocycles. The molecule has 1 amide bonds. The number of para-hydroxylation sites is 2. The number of imidazole rings is 1. The Kier molecular flexibility index (Phi) is 6.82. The maximum absolute atomic E-state index is 13.1. The Labute approximate surface area is 213 Å². The van der Waals surface area contributed by atoms with Gasteiger partial charge in [0.25, 0.3) is 0 Å². The summed E-state index contributed by atoms with van der Waals surface area (Å²) in [6.07, 6.45) is 2.43. The fraction of sp³-hybridized carbons (Fsp3) is 0.355. The van der Waals surface area contributed by atoms with Gasteiger partial charge in [-0.2, -0.15) is 0 Å². The van der Waals surface area contributed by atoms with Crippen molar-refractivity contribution in [1.82, 2.24) is 9.55 Å². The molecule has 1 aromatic heterocycles. The van der Waals surface area contributed by atoms with Gasteiger partial charge in [-0.05, 0) is 81.5 Å². The highest BCUT2D eigenvalue weighted by atomic mass is 16.5. The van der Waals surface area contributed by atoms with Gasteiger partial charge < -0.3 is 14.2 Å². The minimum Gasteiger partial charge on any atom is -0.493 e. The molecule has 3 aromatic carbocycles. The number of carbonyl (C=O) groups is 1. The summed E-state index contributed by atoms with van der Waals surface area (Å²) in [5.41, 5.74) is 7.96. The number of fused-ring (bicyclic) bond motifs is 1. The molecule has 1 atom stereocenters. The van der Waals surface area contributed by atoms with Gasteiger partial charge in [-0.3, -0.25) is 4.79 Å². The normalized spacial score (nSPS) is 15.7. The summed E-state index contributed by atoms with van der Waals surface area (Å²) in [5, 5.41) is 0. The highest BCUT2D eigenvalue weighted by molar-refractivity contribution is 5.97. The fourth-order valence-corrected chi connectivity index (χ4v) is 5.30. The van der Waals surface area contributed by atoms with Gasteiger partial charge in [-0.25, -0.2) is 4.98 Å². The standard InChI is InChI=1S/C31H35N3O2/c1-21-14-15-27(23(3)18-21)34-20-25(19-30(34)35)31-32-26-11-5-6-12-28(26)33(31)16-7-8-17-36-29-13-9-10-22(2)24(29)4/h5-6,9-15,18,25H,7-8,16-17,19-20H2,1-4H3. The molecule has 0 spiro atoms. The summed E-state index contributed by atoms with van der Waals surface area (Å²) >= 11 is 0. The number of benzene rings is 3. The molecule has 5 rings (SSSR count). The van der Waals surface area contributed by atoms with Crippen LogP contribution in [0.25, 0.3) is 11.0 Å². The van der Waals surface area contributed by atoms with E-state index < -0.39 is 0 Å². The lowest BCUT2D eigenvalue weighted by molar-refractivity contribution is -0.117. The summed E-state index contributed by atoms with van der Waals surface area (Å²) in [5.74, 6) is 2.25. The summed E-state index contributed by atoms with van der Waals surface area (Å²) < 4.78 is 8.41. The van der Waals surface area contributed by atoms with E-state index in [0.717, 1.165) is 53.2 Å². The van der Waals surface area contributed by atoms with Crippen LogP contribution in [-0.2, 0) is 11.3 Å². The average Bonchev–Trinajstić information content (AvgIpc) is 3.42. The molecule has 5 nitrogen and oxygen atoms in total. The minimum absolute atomic E-state index is 0.0804. The zero-order valence-corrected chi connectivity index (χ0v) is 21.8. The van der Waals surface area contributed by atoms with Crippen LogP contribution in [0.5, 0.6) is 5.75 Å². The SMILES string of the molecule is Cc1ccc(N2CC(c3nc4ccccc4n3CCCCOc3cccc(C)c3C)CC2=O)c(C)c1. The molecule has 5 heteroatoms. The van der Waals surface area contributed by atoms with Crippen molar-refractivity contribution >= 4 is 22.6 Å². The van der Waals surface area contributed by atoms with Crippen molar-refractivity contribution in [3.05, 3.63) is 88.7 Å². The molecule has 0 bridgehead atoms. The predicted octanol–water partition coefficient (Wildman–Crippen LogP) is 6.65. The molecule has 1 aliphatic rings. The molecular formula is C31H35N3O2. The summed E-state index contributed by atoms with van der Waals surface area (Å²) in [6.45, 7) is 10.6. The van der Waals surface area contributed by atoms with E-state index >= 15 is 0 Å². The molecule has 0 radical (unpaired) electrons. The van der Waals surface area contributed by atoms with Gasteiger partial charge >= 0.3 is 0 Å². The first-order valence-electron chi connectivity index (χ1n) is 12.9. The molecular weight excluding hydrogens is 446 g/mol. The maximum Gasteiger partial charge on any atom is 0.227 e. The van der Waals surface area contributed by atoms with Gasteiger partial charge in [-0.15, -0.1) is 0 Å². The van der Waals surface area contributed by atoms with Crippen LogP contribution in [0.3, 0.4) is 0 Å². The Morgan fingerprint density at radius 3 is 2.61 bits per heavy atom. The van der Waals surface area contributed by atoms with Crippen molar-refractivity contribution in [3.63, 3.8) is 0 Å². The fourth-order valence-electron chi connectivity index (χ4n) is 5.30. The maximum atomic E-state index is 13.1. The number of rotatable bonds is 8. The molecule has 1 fully saturated rings.